The Labute approximate surface area is 172 Å². The molecule has 0 aromatic heterocycles. The summed E-state index contributed by atoms with van der Waals surface area (Å²) < 4.78 is 0. The average Bonchev–Trinajstić information content (AvgIpc) is 2.62. The Morgan fingerprint density at radius 3 is 1.97 bits per heavy atom. The van der Waals surface area contributed by atoms with Crippen molar-refractivity contribution < 1.29 is 34.2 Å². The lowest BCUT2D eigenvalue weighted by Gasteiger charge is -2.23. The minimum atomic E-state index is -1.53. The molecule has 0 bridgehead atoms. The minimum absolute atomic E-state index is 0.235. The number of primary amides is 1. The average molecular weight is 436 g/mol. The van der Waals surface area contributed by atoms with Gasteiger partial charge >= 0.3 is 5.97 Å². The van der Waals surface area contributed by atoms with Crippen molar-refractivity contribution in [1.82, 2.24) is 16.0 Å². The number of carbonyl (C=O) groups is 5. The van der Waals surface area contributed by atoms with Crippen molar-refractivity contribution >= 4 is 41.4 Å². The molecule has 0 aromatic carbocycles. The first kappa shape index (κ1) is 26.6. The Bertz CT molecular complexity index is 616. The molecule has 5 atom stereocenters. The Kier molecular flexibility index (Phi) is 11.9. The van der Waals surface area contributed by atoms with Gasteiger partial charge in [-0.2, -0.15) is 11.8 Å². The van der Waals surface area contributed by atoms with Crippen LogP contribution in [0.5, 0.6) is 0 Å². The molecule has 0 saturated carbocycles. The van der Waals surface area contributed by atoms with Gasteiger partial charge in [-0.25, -0.2) is 4.79 Å². The first-order valence-electron chi connectivity index (χ1n) is 8.75. The SMILES string of the molecule is CSCCC(NC(=O)C(N)C(C)O)C(=O)NC(C)C(=O)NC(CC(N)=O)C(=O)O. The maximum atomic E-state index is 12.5. The summed E-state index contributed by atoms with van der Waals surface area (Å²) in [6, 6.07) is -4.94. The van der Waals surface area contributed by atoms with Gasteiger partial charge in [0.25, 0.3) is 0 Å². The molecule has 0 aromatic rings. The van der Waals surface area contributed by atoms with Crippen molar-refractivity contribution in [3.63, 3.8) is 0 Å². The maximum Gasteiger partial charge on any atom is 0.326 e. The van der Waals surface area contributed by atoms with Crippen molar-refractivity contribution in [2.24, 2.45) is 11.5 Å². The summed E-state index contributed by atoms with van der Waals surface area (Å²) >= 11 is 1.43. The van der Waals surface area contributed by atoms with E-state index in [0.29, 0.717) is 5.75 Å². The molecule has 9 N–H and O–H groups in total. The lowest BCUT2D eigenvalue weighted by molar-refractivity contribution is -0.143. The summed E-state index contributed by atoms with van der Waals surface area (Å²) in [4.78, 5) is 58.7. The van der Waals surface area contributed by atoms with Crippen LogP contribution in [-0.4, -0.2) is 82.1 Å². The van der Waals surface area contributed by atoms with Crippen LogP contribution in [0.1, 0.15) is 26.7 Å². The number of aliphatic hydroxyl groups excluding tert-OH is 1. The van der Waals surface area contributed by atoms with Crippen LogP contribution < -0.4 is 27.4 Å². The molecular formula is C16H29N5O7S. The normalized spacial score (nSPS) is 15.9. The molecule has 29 heavy (non-hydrogen) atoms. The molecule has 0 radical (unpaired) electrons. The van der Waals surface area contributed by atoms with E-state index in [1.54, 1.807) is 6.26 Å². The third kappa shape index (κ3) is 10.1. The molecule has 12 nitrogen and oxygen atoms in total. The molecule has 0 spiro atoms. The molecule has 0 aliphatic heterocycles. The third-order valence-electron chi connectivity index (χ3n) is 3.84. The fourth-order valence-corrected chi connectivity index (χ4v) is 2.54. The van der Waals surface area contributed by atoms with E-state index in [0.717, 1.165) is 0 Å². The molecular weight excluding hydrogens is 406 g/mol. The van der Waals surface area contributed by atoms with Crippen LogP contribution in [0.25, 0.3) is 0 Å². The summed E-state index contributed by atoms with van der Waals surface area (Å²) in [7, 11) is 0. The number of carboxylic acids is 1. The Hall–Kier alpha value is -2.38. The summed E-state index contributed by atoms with van der Waals surface area (Å²) in [5.74, 6) is -4.11. The van der Waals surface area contributed by atoms with Gasteiger partial charge in [-0.15, -0.1) is 0 Å². The second kappa shape index (κ2) is 13.0. The molecule has 13 heteroatoms. The number of nitrogens with one attached hydrogen (secondary N) is 3. The zero-order valence-corrected chi connectivity index (χ0v) is 17.3. The fraction of sp³-hybridized carbons (Fsp3) is 0.688. The first-order chi connectivity index (χ1) is 13.4. The molecule has 0 aliphatic carbocycles. The Morgan fingerprint density at radius 1 is 0.966 bits per heavy atom. The van der Waals surface area contributed by atoms with Crippen molar-refractivity contribution in [3.05, 3.63) is 0 Å². The highest BCUT2D eigenvalue weighted by molar-refractivity contribution is 7.98. The number of amides is 4. The van der Waals surface area contributed by atoms with E-state index in [1.807, 2.05) is 0 Å². The number of aliphatic carboxylic acids is 1. The van der Waals surface area contributed by atoms with E-state index in [4.69, 9.17) is 16.6 Å². The molecule has 5 unspecified atom stereocenters. The number of aliphatic hydroxyl groups is 1. The van der Waals surface area contributed by atoms with E-state index < -0.39 is 66.3 Å². The second-order valence-corrected chi connectivity index (χ2v) is 7.39. The van der Waals surface area contributed by atoms with Gasteiger partial charge in [0.05, 0.1) is 12.5 Å². The monoisotopic (exact) mass is 435 g/mol. The van der Waals surface area contributed by atoms with E-state index in [1.165, 1.54) is 25.6 Å². The fourth-order valence-electron chi connectivity index (χ4n) is 2.07. The number of nitrogens with two attached hydrogens (primary N) is 2. The number of carbonyl (C=O) groups excluding carboxylic acids is 4. The van der Waals surface area contributed by atoms with Gasteiger partial charge in [0.2, 0.25) is 23.6 Å². The largest absolute Gasteiger partial charge is 0.480 e. The molecule has 0 rings (SSSR count). The van der Waals surface area contributed by atoms with E-state index in [-0.39, 0.29) is 6.42 Å². The van der Waals surface area contributed by atoms with E-state index in [2.05, 4.69) is 16.0 Å². The minimum Gasteiger partial charge on any atom is -0.480 e. The number of carboxylic acid groups (broad SMARTS) is 1. The lowest BCUT2D eigenvalue weighted by Crippen LogP contribution is -2.57. The van der Waals surface area contributed by atoms with Gasteiger partial charge < -0.3 is 37.6 Å². The quantitative estimate of drug-likeness (QED) is 0.155. The summed E-state index contributed by atoms with van der Waals surface area (Å²) in [6.45, 7) is 2.64. The summed E-state index contributed by atoms with van der Waals surface area (Å²) in [6.07, 6.45) is 0.311. The Morgan fingerprint density at radius 2 is 1.52 bits per heavy atom. The zero-order chi connectivity index (χ0) is 22.7. The smallest absolute Gasteiger partial charge is 0.326 e. The number of rotatable bonds is 13. The molecule has 0 aliphatic rings. The predicted molar refractivity (Wildman–Crippen MR) is 106 cm³/mol. The third-order valence-corrected chi connectivity index (χ3v) is 4.48. The van der Waals surface area contributed by atoms with Crippen LogP contribution in [0.3, 0.4) is 0 Å². The van der Waals surface area contributed by atoms with Gasteiger partial charge in [-0.1, -0.05) is 0 Å². The highest BCUT2D eigenvalue weighted by atomic mass is 32.2. The zero-order valence-electron chi connectivity index (χ0n) is 16.5. The van der Waals surface area contributed by atoms with Crippen LogP contribution in [0.15, 0.2) is 0 Å². The first-order valence-corrected chi connectivity index (χ1v) is 10.1. The highest BCUT2D eigenvalue weighted by Gasteiger charge is 2.29. The van der Waals surface area contributed by atoms with Gasteiger partial charge in [0.15, 0.2) is 0 Å². The maximum absolute atomic E-state index is 12.5. The van der Waals surface area contributed by atoms with Crippen LogP contribution in [-0.2, 0) is 24.0 Å². The van der Waals surface area contributed by atoms with Crippen LogP contribution in [0, 0.1) is 0 Å². The van der Waals surface area contributed by atoms with Crippen molar-refractivity contribution in [1.29, 1.82) is 0 Å². The lowest BCUT2D eigenvalue weighted by atomic mass is 10.1. The van der Waals surface area contributed by atoms with Crippen LogP contribution in [0.2, 0.25) is 0 Å². The van der Waals surface area contributed by atoms with E-state index >= 15 is 0 Å². The molecule has 0 heterocycles. The van der Waals surface area contributed by atoms with Crippen molar-refractivity contribution in [2.45, 2.75) is 57.0 Å². The van der Waals surface area contributed by atoms with Crippen LogP contribution in [0.4, 0.5) is 0 Å². The Balaban J connectivity index is 5.03. The van der Waals surface area contributed by atoms with Gasteiger partial charge in [0, 0.05) is 0 Å². The van der Waals surface area contributed by atoms with Crippen LogP contribution >= 0.6 is 11.8 Å². The van der Waals surface area contributed by atoms with Crippen molar-refractivity contribution in [3.8, 4) is 0 Å². The highest BCUT2D eigenvalue weighted by Crippen LogP contribution is 2.03. The van der Waals surface area contributed by atoms with Gasteiger partial charge in [0.1, 0.15) is 24.2 Å². The number of hydrogen-bond acceptors (Lipinski definition) is 8. The molecule has 4 amide bonds. The van der Waals surface area contributed by atoms with Gasteiger partial charge in [-0.3, -0.25) is 19.2 Å². The second-order valence-electron chi connectivity index (χ2n) is 6.41. The molecule has 166 valence electrons. The topological polar surface area (TPSA) is 214 Å². The summed E-state index contributed by atoms with van der Waals surface area (Å²) in [5, 5.41) is 25.3. The molecule has 0 saturated heterocycles. The van der Waals surface area contributed by atoms with Crippen molar-refractivity contribution in [2.75, 3.05) is 12.0 Å². The van der Waals surface area contributed by atoms with Gasteiger partial charge in [-0.05, 0) is 32.3 Å². The predicted octanol–water partition coefficient (Wildman–Crippen LogP) is -3.12. The number of hydrogen-bond donors (Lipinski definition) is 7. The summed E-state index contributed by atoms with van der Waals surface area (Å²) in [5.41, 5.74) is 10.5. The standard InChI is InChI=1S/C16H29N5O7S/c1-7(13(24)21-10(16(27)28)6-11(17)23)19-14(25)9(4-5-29-3)20-15(26)12(18)8(2)22/h7-10,12,22H,4-6,18H2,1-3H3,(H2,17,23)(H,19,25)(H,20,26)(H,21,24)(H,27,28). The molecule has 0 fully saturated rings. The van der Waals surface area contributed by atoms with E-state index in [9.17, 15) is 29.1 Å². The number of thioether (sulfide) groups is 1.